The van der Waals surface area contributed by atoms with Gasteiger partial charge in [-0.15, -0.1) is 11.3 Å². The minimum absolute atomic E-state index is 0.229. The van der Waals surface area contributed by atoms with Crippen molar-refractivity contribution in [3.8, 4) is 0 Å². The van der Waals surface area contributed by atoms with E-state index in [2.05, 4.69) is 23.7 Å². The van der Waals surface area contributed by atoms with Crippen molar-refractivity contribution < 1.29 is 4.79 Å². The molecule has 2 nitrogen and oxygen atoms in total. The third-order valence-electron chi connectivity index (χ3n) is 2.34. The molecule has 13 heavy (non-hydrogen) atoms. The van der Waals surface area contributed by atoms with E-state index in [-0.39, 0.29) is 5.91 Å². The SMILES string of the molecule is Cc1ccsc1CNC(=O)C1CC1. The Morgan fingerprint density at radius 3 is 3.00 bits per heavy atom. The quantitative estimate of drug-likeness (QED) is 0.786. The van der Waals surface area contributed by atoms with Gasteiger partial charge in [0.2, 0.25) is 5.91 Å². The van der Waals surface area contributed by atoms with E-state index < -0.39 is 0 Å². The molecular weight excluding hydrogens is 182 g/mol. The fraction of sp³-hybridized carbons (Fsp3) is 0.500. The van der Waals surface area contributed by atoms with E-state index >= 15 is 0 Å². The number of carbonyl (C=O) groups excluding carboxylic acids is 1. The Labute approximate surface area is 82.0 Å². The van der Waals surface area contributed by atoms with Crippen LogP contribution in [0.4, 0.5) is 0 Å². The molecule has 1 amide bonds. The number of aryl methyl sites for hydroxylation is 1. The highest BCUT2D eigenvalue weighted by molar-refractivity contribution is 7.10. The average Bonchev–Trinajstić information content (AvgIpc) is 2.88. The van der Waals surface area contributed by atoms with Crippen molar-refractivity contribution >= 4 is 17.2 Å². The summed E-state index contributed by atoms with van der Waals surface area (Å²) >= 11 is 1.71. The summed E-state index contributed by atoms with van der Waals surface area (Å²) in [6.45, 7) is 2.79. The van der Waals surface area contributed by atoms with Crippen LogP contribution >= 0.6 is 11.3 Å². The first-order valence-electron chi connectivity index (χ1n) is 4.58. The Hall–Kier alpha value is -0.830. The lowest BCUT2D eigenvalue weighted by Gasteiger charge is -2.02. The van der Waals surface area contributed by atoms with Crippen molar-refractivity contribution in [2.45, 2.75) is 26.3 Å². The number of hydrogen-bond donors (Lipinski definition) is 1. The Balaban J connectivity index is 1.85. The third-order valence-corrected chi connectivity index (χ3v) is 3.36. The zero-order valence-electron chi connectivity index (χ0n) is 7.67. The number of carbonyl (C=O) groups is 1. The van der Waals surface area contributed by atoms with Crippen LogP contribution in [-0.4, -0.2) is 5.91 Å². The summed E-state index contributed by atoms with van der Waals surface area (Å²) in [6, 6.07) is 2.09. The van der Waals surface area contributed by atoms with Gasteiger partial charge in [0.15, 0.2) is 0 Å². The Morgan fingerprint density at radius 2 is 2.46 bits per heavy atom. The molecule has 0 atom stereocenters. The second-order valence-corrected chi connectivity index (χ2v) is 4.52. The Bertz CT molecular complexity index is 314. The summed E-state index contributed by atoms with van der Waals surface area (Å²) < 4.78 is 0. The van der Waals surface area contributed by atoms with Crippen LogP contribution in [0.3, 0.4) is 0 Å². The molecule has 0 bridgehead atoms. The third kappa shape index (κ3) is 2.10. The van der Waals surface area contributed by atoms with E-state index in [1.807, 2.05) is 0 Å². The fourth-order valence-corrected chi connectivity index (χ4v) is 2.09. The number of rotatable bonds is 3. The number of hydrogen-bond acceptors (Lipinski definition) is 2. The second-order valence-electron chi connectivity index (χ2n) is 3.52. The van der Waals surface area contributed by atoms with E-state index in [0.29, 0.717) is 12.5 Å². The molecule has 1 heterocycles. The predicted molar refractivity (Wildman–Crippen MR) is 53.6 cm³/mol. The molecule has 0 spiro atoms. The molecule has 1 fully saturated rings. The summed E-state index contributed by atoms with van der Waals surface area (Å²) in [4.78, 5) is 12.6. The maximum Gasteiger partial charge on any atom is 0.223 e. The van der Waals surface area contributed by atoms with Gasteiger partial charge in [0.25, 0.3) is 0 Å². The van der Waals surface area contributed by atoms with Gasteiger partial charge in [-0.25, -0.2) is 0 Å². The topological polar surface area (TPSA) is 29.1 Å². The first-order chi connectivity index (χ1) is 6.27. The smallest absolute Gasteiger partial charge is 0.223 e. The monoisotopic (exact) mass is 195 g/mol. The normalized spacial score (nSPS) is 15.8. The minimum Gasteiger partial charge on any atom is -0.351 e. The van der Waals surface area contributed by atoms with Crippen LogP contribution < -0.4 is 5.32 Å². The first-order valence-corrected chi connectivity index (χ1v) is 5.46. The van der Waals surface area contributed by atoms with Gasteiger partial charge in [0.1, 0.15) is 0 Å². The van der Waals surface area contributed by atoms with Crippen molar-refractivity contribution in [1.29, 1.82) is 0 Å². The minimum atomic E-state index is 0.229. The number of amides is 1. The molecule has 1 saturated carbocycles. The van der Waals surface area contributed by atoms with Crippen LogP contribution in [0.2, 0.25) is 0 Å². The second kappa shape index (κ2) is 3.50. The van der Waals surface area contributed by atoms with Crippen molar-refractivity contribution in [2.24, 2.45) is 5.92 Å². The van der Waals surface area contributed by atoms with Crippen molar-refractivity contribution in [1.82, 2.24) is 5.32 Å². The lowest BCUT2D eigenvalue weighted by atomic mass is 10.3. The zero-order chi connectivity index (χ0) is 9.26. The highest BCUT2D eigenvalue weighted by Crippen LogP contribution is 2.29. The molecule has 0 aliphatic heterocycles. The molecule has 1 N–H and O–H groups in total. The van der Waals surface area contributed by atoms with Crippen LogP contribution in [0.25, 0.3) is 0 Å². The van der Waals surface area contributed by atoms with Gasteiger partial charge < -0.3 is 5.32 Å². The molecule has 0 radical (unpaired) electrons. The van der Waals surface area contributed by atoms with Crippen molar-refractivity contribution in [2.75, 3.05) is 0 Å². The Morgan fingerprint density at radius 1 is 1.69 bits per heavy atom. The standard InChI is InChI=1S/C10H13NOS/c1-7-4-5-13-9(7)6-11-10(12)8-2-3-8/h4-5,8H,2-3,6H2,1H3,(H,11,12). The van der Waals surface area contributed by atoms with Crippen LogP contribution in [-0.2, 0) is 11.3 Å². The zero-order valence-corrected chi connectivity index (χ0v) is 8.49. The largest absolute Gasteiger partial charge is 0.351 e. The molecule has 1 aromatic heterocycles. The van der Waals surface area contributed by atoms with Gasteiger partial charge in [-0.1, -0.05) is 0 Å². The highest BCUT2D eigenvalue weighted by atomic mass is 32.1. The van der Waals surface area contributed by atoms with Crippen LogP contribution in [0, 0.1) is 12.8 Å². The van der Waals surface area contributed by atoms with Crippen LogP contribution in [0.15, 0.2) is 11.4 Å². The molecular formula is C10H13NOS. The molecule has 1 aromatic rings. The summed E-state index contributed by atoms with van der Waals surface area (Å²) in [7, 11) is 0. The predicted octanol–water partition coefficient (Wildman–Crippen LogP) is 2.08. The van der Waals surface area contributed by atoms with Gasteiger partial charge in [0.05, 0.1) is 6.54 Å². The number of nitrogens with one attached hydrogen (secondary N) is 1. The molecule has 0 aromatic carbocycles. The molecule has 0 unspecified atom stereocenters. The molecule has 3 heteroatoms. The highest BCUT2D eigenvalue weighted by Gasteiger charge is 2.29. The number of thiophene rings is 1. The molecule has 2 rings (SSSR count). The molecule has 0 saturated heterocycles. The lowest BCUT2D eigenvalue weighted by Crippen LogP contribution is -2.23. The maximum atomic E-state index is 11.3. The van der Waals surface area contributed by atoms with Gasteiger partial charge in [0, 0.05) is 10.8 Å². The van der Waals surface area contributed by atoms with Gasteiger partial charge >= 0.3 is 0 Å². The molecule has 70 valence electrons. The van der Waals surface area contributed by atoms with E-state index in [9.17, 15) is 4.79 Å². The van der Waals surface area contributed by atoms with Gasteiger partial charge in [-0.05, 0) is 36.8 Å². The summed E-state index contributed by atoms with van der Waals surface area (Å²) in [5.74, 6) is 0.549. The van der Waals surface area contributed by atoms with Crippen LogP contribution in [0.1, 0.15) is 23.3 Å². The van der Waals surface area contributed by atoms with E-state index in [4.69, 9.17) is 0 Å². The van der Waals surface area contributed by atoms with E-state index in [1.54, 1.807) is 11.3 Å². The molecule has 1 aliphatic carbocycles. The van der Waals surface area contributed by atoms with Gasteiger partial charge in [-0.2, -0.15) is 0 Å². The first kappa shape index (κ1) is 8.75. The van der Waals surface area contributed by atoms with Crippen molar-refractivity contribution in [3.63, 3.8) is 0 Å². The van der Waals surface area contributed by atoms with Crippen molar-refractivity contribution in [3.05, 3.63) is 21.9 Å². The summed E-state index contributed by atoms with van der Waals surface area (Å²) in [6.07, 6.45) is 2.16. The summed E-state index contributed by atoms with van der Waals surface area (Å²) in [5, 5.41) is 5.02. The lowest BCUT2D eigenvalue weighted by molar-refractivity contribution is -0.122. The maximum absolute atomic E-state index is 11.3. The van der Waals surface area contributed by atoms with Crippen LogP contribution in [0.5, 0.6) is 0 Å². The van der Waals surface area contributed by atoms with Gasteiger partial charge in [-0.3, -0.25) is 4.79 Å². The van der Waals surface area contributed by atoms with E-state index in [1.165, 1.54) is 10.4 Å². The molecule has 1 aliphatic rings. The average molecular weight is 195 g/mol. The van der Waals surface area contributed by atoms with E-state index in [0.717, 1.165) is 12.8 Å². The Kier molecular flexibility index (Phi) is 2.36. The summed E-state index contributed by atoms with van der Waals surface area (Å²) in [5.41, 5.74) is 1.28. The fourth-order valence-electron chi connectivity index (χ4n) is 1.24.